The van der Waals surface area contributed by atoms with Crippen LogP contribution in [0.4, 0.5) is 0 Å². The summed E-state index contributed by atoms with van der Waals surface area (Å²) < 4.78 is 18.3. The molecule has 0 atom stereocenters. The van der Waals surface area contributed by atoms with Gasteiger partial charge in [0.1, 0.15) is 0 Å². The van der Waals surface area contributed by atoms with Crippen LogP contribution in [0, 0.1) is 0 Å². The van der Waals surface area contributed by atoms with Gasteiger partial charge in [0, 0.05) is 4.57 Å². The third kappa shape index (κ3) is 17.9. The van der Waals surface area contributed by atoms with Gasteiger partial charge in [-0.2, -0.15) is 0 Å². The lowest BCUT2D eigenvalue weighted by molar-refractivity contribution is 0.302. The number of hydrogen-bond acceptors (Lipinski definition) is 3. The van der Waals surface area contributed by atoms with E-state index < -0.39 is 8.25 Å². The van der Waals surface area contributed by atoms with Gasteiger partial charge in [0.05, 0.1) is 14.2 Å². The first-order chi connectivity index (χ1) is 6.72. The van der Waals surface area contributed by atoms with Gasteiger partial charge < -0.3 is 0 Å². The van der Waals surface area contributed by atoms with Crippen molar-refractivity contribution in [3.05, 3.63) is 0 Å². The highest BCUT2D eigenvalue weighted by molar-refractivity contribution is 7.33. The van der Waals surface area contributed by atoms with Crippen LogP contribution in [-0.4, -0.2) is 14.2 Å². The third-order valence-corrected chi connectivity index (χ3v) is 2.35. The fourth-order valence-corrected chi connectivity index (χ4v) is 1.08. The summed E-state index contributed by atoms with van der Waals surface area (Å²) in [4.78, 5) is 0. The zero-order chi connectivity index (χ0) is 11.2. The quantitative estimate of drug-likeness (QED) is 0.476. The highest BCUT2D eigenvalue weighted by Crippen LogP contribution is 2.18. The predicted octanol–water partition coefficient (Wildman–Crippen LogP) is 4.30. The standard InChI is InChI=1S/C8H18.C2H6O3P/c1-3-5-7-8-6-4-2;1-4-6(3)5-2/h3-8H2,1-2H3;1-2H3/q;+1. The van der Waals surface area contributed by atoms with Crippen LogP contribution in [-0.2, 0) is 13.6 Å². The first kappa shape index (κ1) is 16.4. The van der Waals surface area contributed by atoms with Crippen molar-refractivity contribution in [2.24, 2.45) is 0 Å². The van der Waals surface area contributed by atoms with Crippen molar-refractivity contribution in [2.45, 2.75) is 52.4 Å². The fourth-order valence-electron chi connectivity index (χ4n) is 0.928. The van der Waals surface area contributed by atoms with Crippen LogP contribution in [0.5, 0.6) is 0 Å². The van der Waals surface area contributed by atoms with Gasteiger partial charge in [-0.05, 0) is 0 Å². The Labute approximate surface area is 89.1 Å². The lowest BCUT2D eigenvalue weighted by atomic mass is 10.1. The molecule has 0 saturated heterocycles. The Balaban J connectivity index is 0. The van der Waals surface area contributed by atoms with E-state index in [4.69, 9.17) is 0 Å². The van der Waals surface area contributed by atoms with Gasteiger partial charge >= 0.3 is 8.25 Å². The molecule has 4 heteroatoms. The molecule has 0 spiro atoms. The van der Waals surface area contributed by atoms with Crippen LogP contribution < -0.4 is 0 Å². The van der Waals surface area contributed by atoms with E-state index in [9.17, 15) is 4.57 Å². The van der Waals surface area contributed by atoms with E-state index in [2.05, 4.69) is 22.9 Å². The number of rotatable bonds is 7. The molecular formula is C10H24O3P+. The summed E-state index contributed by atoms with van der Waals surface area (Å²) in [5.41, 5.74) is 0. The maximum absolute atomic E-state index is 9.88. The Kier molecular flexibility index (Phi) is 18.2. The third-order valence-electron chi connectivity index (χ3n) is 1.76. The summed E-state index contributed by atoms with van der Waals surface area (Å²) in [5, 5.41) is 0. The molecule has 0 aliphatic carbocycles. The molecule has 0 aromatic carbocycles. The van der Waals surface area contributed by atoms with Crippen LogP contribution in [0.3, 0.4) is 0 Å². The van der Waals surface area contributed by atoms with Crippen LogP contribution in [0.2, 0.25) is 0 Å². The first-order valence-electron chi connectivity index (χ1n) is 5.28. The largest absolute Gasteiger partial charge is 0.696 e. The lowest BCUT2D eigenvalue weighted by Crippen LogP contribution is -1.73. The van der Waals surface area contributed by atoms with Gasteiger partial charge in [0.25, 0.3) is 0 Å². The summed E-state index contributed by atoms with van der Waals surface area (Å²) in [6.07, 6.45) is 8.49. The topological polar surface area (TPSA) is 35.5 Å². The minimum atomic E-state index is -1.83. The van der Waals surface area contributed by atoms with E-state index in [1.165, 1.54) is 52.7 Å². The van der Waals surface area contributed by atoms with Crippen molar-refractivity contribution in [3.63, 3.8) is 0 Å². The maximum Gasteiger partial charge on any atom is 0.696 e. The SMILES string of the molecule is CCCCCCCC.CO[P+](=O)OC. The maximum atomic E-state index is 9.88. The number of unbranched alkanes of at least 4 members (excludes halogenated alkanes) is 5. The van der Waals surface area contributed by atoms with E-state index in [0.29, 0.717) is 0 Å². The van der Waals surface area contributed by atoms with Gasteiger partial charge in [-0.25, -0.2) is 0 Å². The fraction of sp³-hybridized carbons (Fsp3) is 1.00. The molecule has 0 aliphatic rings. The van der Waals surface area contributed by atoms with Gasteiger partial charge in [0.2, 0.25) is 0 Å². The molecule has 0 heterocycles. The van der Waals surface area contributed by atoms with Crippen LogP contribution >= 0.6 is 8.25 Å². The normalized spacial score (nSPS) is 9.14. The van der Waals surface area contributed by atoms with E-state index in [1.54, 1.807) is 0 Å². The molecule has 0 bridgehead atoms. The molecule has 0 radical (unpaired) electrons. The monoisotopic (exact) mass is 223 g/mol. The molecule has 0 aromatic heterocycles. The molecule has 3 nitrogen and oxygen atoms in total. The zero-order valence-corrected chi connectivity index (χ0v) is 10.8. The van der Waals surface area contributed by atoms with Crippen LogP contribution in [0.25, 0.3) is 0 Å². The van der Waals surface area contributed by atoms with E-state index in [1.807, 2.05) is 0 Å². The average molecular weight is 223 g/mol. The smallest absolute Gasteiger partial charge is 0.122 e. The molecule has 0 aliphatic heterocycles. The second-order valence-corrected chi connectivity index (χ2v) is 4.18. The molecule has 0 saturated carbocycles. The molecule has 0 amide bonds. The summed E-state index contributed by atoms with van der Waals surface area (Å²) >= 11 is 0. The lowest BCUT2D eigenvalue weighted by Gasteiger charge is -1.93. The van der Waals surface area contributed by atoms with Gasteiger partial charge in [-0.15, -0.1) is 9.05 Å². The Morgan fingerprint density at radius 1 is 0.857 bits per heavy atom. The molecule has 0 aromatic rings. The van der Waals surface area contributed by atoms with Crippen molar-refractivity contribution in [1.82, 2.24) is 0 Å². The average Bonchev–Trinajstić information content (AvgIpc) is 2.24. The Morgan fingerprint density at radius 3 is 1.36 bits per heavy atom. The van der Waals surface area contributed by atoms with Crippen LogP contribution in [0.15, 0.2) is 0 Å². The van der Waals surface area contributed by atoms with Crippen molar-refractivity contribution in [1.29, 1.82) is 0 Å². The minimum Gasteiger partial charge on any atom is -0.122 e. The zero-order valence-electron chi connectivity index (χ0n) is 9.91. The molecule has 14 heavy (non-hydrogen) atoms. The van der Waals surface area contributed by atoms with Crippen molar-refractivity contribution < 1.29 is 13.6 Å². The Bertz CT molecular complexity index is 106. The summed E-state index contributed by atoms with van der Waals surface area (Å²) in [5.74, 6) is 0. The molecule has 0 rings (SSSR count). The molecule has 0 N–H and O–H groups in total. The second kappa shape index (κ2) is 15.5. The van der Waals surface area contributed by atoms with E-state index in [-0.39, 0.29) is 0 Å². The number of hydrogen-bond donors (Lipinski definition) is 0. The summed E-state index contributed by atoms with van der Waals surface area (Å²) in [6.45, 7) is 4.51. The minimum absolute atomic E-state index is 1.32. The van der Waals surface area contributed by atoms with Crippen molar-refractivity contribution in [3.8, 4) is 0 Å². The highest BCUT2D eigenvalue weighted by atomic mass is 31.1. The first-order valence-corrected chi connectivity index (χ1v) is 6.37. The molecular weight excluding hydrogens is 199 g/mol. The summed E-state index contributed by atoms with van der Waals surface area (Å²) in [7, 11) is 0.817. The molecule has 0 unspecified atom stereocenters. The van der Waals surface area contributed by atoms with Crippen molar-refractivity contribution in [2.75, 3.05) is 14.2 Å². The molecule has 86 valence electrons. The van der Waals surface area contributed by atoms with Crippen LogP contribution in [0.1, 0.15) is 52.4 Å². The molecule has 0 fully saturated rings. The summed E-state index contributed by atoms with van der Waals surface area (Å²) in [6, 6.07) is 0. The van der Waals surface area contributed by atoms with E-state index in [0.717, 1.165) is 0 Å². The Morgan fingerprint density at radius 2 is 1.21 bits per heavy atom. The highest BCUT2D eigenvalue weighted by Gasteiger charge is 2.10. The second-order valence-electron chi connectivity index (χ2n) is 3.00. The Hall–Kier alpha value is 0.0200. The van der Waals surface area contributed by atoms with Gasteiger partial charge in [-0.1, -0.05) is 52.4 Å². The van der Waals surface area contributed by atoms with Gasteiger partial charge in [-0.3, -0.25) is 0 Å². The van der Waals surface area contributed by atoms with E-state index >= 15 is 0 Å². The van der Waals surface area contributed by atoms with Gasteiger partial charge in [0.15, 0.2) is 0 Å². The predicted molar refractivity (Wildman–Crippen MR) is 60.7 cm³/mol. The van der Waals surface area contributed by atoms with Crippen molar-refractivity contribution >= 4 is 8.25 Å².